The predicted octanol–water partition coefficient (Wildman–Crippen LogP) is 4.19. The highest BCUT2D eigenvalue weighted by Gasteiger charge is 2.35. The van der Waals surface area contributed by atoms with Crippen LogP contribution in [-0.2, 0) is 0 Å². The third-order valence-electron chi connectivity index (χ3n) is 4.69. The highest BCUT2D eigenvalue weighted by Crippen LogP contribution is 2.35. The third kappa shape index (κ3) is 3.90. The molecule has 3 aromatic rings. The highest BCUT2D eigenvalue weighted by atomic mass is 32.1. The van der Waals surface area contributed by atoms with Crippen molar-refractivity contribution in [2.45, 2.75) is 18.9 Å². The minimum atomic E-state index is -0.932. The van der Waals surface area contributed by atoms with E-state index < -0.39 is 40.9 Å². The van der Waals surface area contributed by atoms with Crippen molar-refractivity contribution in [1.82, 2.24) is 15.1 Å². The van der Waals surface area contributed by atoms with Crippen LogP contribution in [0.25, 0.3) is 0 Å². The Bertz CT molecular complexity index is 1100. The van der Waals surface area contributed by atoms with Gasteiger partial charge in [0.1, 0.15) is 28.0 Å². The van der Waals surface area contributed by atoms with Crippen molar-refractivity contribution in [1.29, 1.82) is 0 Å². The number of halogens is 3. The molecule has 1 fully saturated rings. The number of likely N-dealkylation sites (tertiary alicyclic amines) is 1. The fourth-order valence-electron chi connectivity index (χ4n) is 3.32. The smallest absolute Gasteiger partial charge is 0.286 e. The average Bonchev–Trinajstić information content (AvgIpc) is 3.37. The van der Waals surface area contributed by atoms with Gasteiger partial charge in [-0.15, -0.1) is 10.2 Å². The molecule has 0 radical (unpaired) electrons. The second-order valence-corrected chi connectivity index (χ2v) is 7.67. The normalized spacial score (nSPS) is 16.0. The Kier molecular flexibility index (Phi) is 5.49. The number of carbonyl (C=O) groups is 2. The number of amides is 2. The molecule has 1 aromatic heterocycles. The number of anilines is 1. The Morgan fingerprint density at radius 2 is 1.80 bits per heavy atom. The van der Waals surface area contributed by atoms with Gasteiger partial charge in [-0.3, -0.25) is 9.59 Å². The molecule has 4 rings (SSSR count). The summed E-state index contributed by atoms with van der Waals surface area (Å²) >= 11 is 0.977. The monoisotopic (exact) mass is 432 g/mol. The molecule has 10 heteroatoms. The Morgan fingerprint density at radius 3 is 2.53 bits per heavy atom. The number of hydrogen-bond donors (Lipinski definition) is 1. The summed E-state index contributed by atoms with van der Waals surface area (Å²) in [5.41, 5.74) is -0.345. The van der Waals surface area contributed by atoms with Crippen molar-refractivity contribution in [3.8, 4) is 0 Å². The molecule has 0 aliphatic carbocycles. The number of nitrogens with zero attached hydrogens (tertiary/aromatic N) is 3. The minimum Gasteiger partial charge on any atom is -0.329 e. The second kappa shape index (κ2) is 8.23. The van der Waals surface area contributed by atoms with E-state index in [9.17, 15) is 22.8 Å². The van der Waals surface area contributed by atoms with E-state index in [1.54, 1.807) is 0 Å². The summed E-state index contributed by atoms with van der Waals surface area (Å²) in [5.74, 6) is -3.70. The average molecular weight is 432 g/mol. The molecule has 2 heterocycles. The van der Waals surface area contributed by atoms with Gasteiger partial charge >= 0.3 is 0 Å². The lowest BCUT2D eigenvalue weighted by Gasteiger charge is -2.23. The first-order valence-electron chi connectivity index (χ1n) is 9.09. The maximum atomic E-state index is 14.0. The van der Waals surface area contributed by atoms with E-state index in [1.807, 2.05) is 0 Å². The Morgan fingerprint density at radius 1 is 1.07 bits per heavy atom. The maximum Gasteiger partial charge on any atom is 0.286 e. The van der Waals surface area contributed by atoms with Crippen LogP contribution in [-0.4, -0.2) is 33.5 Å². The predicted molar refractivity (Wildman–Crippen MR) is 104 cm³/mol. The number of carbonyl (C=O) groups excluding carboxylic acids is 2. The fourth-order valence-corrected chi connectivity index (χ4v) is 4.21. The number of nitrogens with one attached hydrogen (secondary N) is 1. The van der Waals surface area contributed by atoms with Gasteiger partial charge in [0.2, 0.25) is 5.01 Å². The molecule has 1 aliphatic heterocycles. The molecule has 0 spiro atoms. The zero-order valence-corrected chi connectivity index (χ0v) is 16.3. The number of benzene rings is 2. The van der Waals surface area contributed by atoms with Crippen LogP contribution in [0.15, 0.2) is 42.5 Å². The molecular weight excluding hydrogens is 417 g/mol. The maximum absolute atomic E-state index is 14.0. The zero-order valence-electron chi connectivity index (χ0n) is 15.4. The lowest BCUT2D eigenvalue weighted by molar-refractivity contribution is 0.0725. The van der Waals surface area contributed by atoms with Gasteiger partial charge in [-0.1, -0.05) is 23.5 Å². The van der Waals surface area contributed by atoms with Crippen molar-refractivity contribution in [2.75, 3.05) is 11.9 Å². The molecule has 0 saturated carbocycles. The first-order valence-corrected chi connectivity index (χ1v) is 9.91. The van der Waals surface area contributed by atoms with Gasteiger partial charge in [0.15, 0.2) is 0 Å². The molecule has 1 N–H and O–H groups in total. The van der Waals surface area contributed by atoms with Gasteiger partial charge < -0.3 is 10.2 Å². The van der Waals surface area contributed by atoms with Crippen LogP contribution in [0.4, 0.5) is 18.9 Å². The molecule has 0 bridgehead atoms. The molecular formula is C20H15F3N4O2S. The molecule has 2 amide bonds. The SMILES string of the molecule is O=C(Nc1cccc(F)c1)c1nnc([C@H]2CCCN2C(=O)c2c(F)cccc2F)s1. The molecule has 30 heavy (non-hydrogen) atoms. The van der Waals surface area contributed by atoms with E-state index in [1.165, 1.54) is 35.2 Å². The van der Waals surface area contributed by atoms with Crippen LogP contribution in [0.2, 0.25) is 0 Å². The summed E-state index contributed by atoms with van der Waals surface area (Å²) in [7, 11) is 0. The molecule has 2 aromatic carbocycles. The summed E-state index contributed by atoms with van der Waals surface area (Å²) in [5, 5.41) is 10.8. The van der Waals surface area contributed by atoms with Crippen LogP contribution in [0, 0.1) is 17.5 Å². The summed E-state index contributed by atoms with van der Waals surface area (Å²) in [6, 6.07) is 8.12. The van der Waals surface area contributed by atoms with Gasteiger partial charge in [0, 0.05) is 12.2 Å². The van der Waals surface area contributed by atoms with E-state index >= 15 is 0 Å². The number of aromatic nitrogens is 2. The van der Waals surface area contributed by atoms with Gasteiger partial charge in [-0.05, 0) is 43.2 Å². The lowest BCUT2D eigenvalue weighted by atomic mass is 10.1. The highest BCUT2D eigenvalue weighted by molar-refractivity contribution is 7.13. The molecule has 1 aliphatic rings. The van der Waals surface area contributed by atoms with Crippen LogP contribution >= 0.6 is 11.3 Å². The first-order chi connectivity index (χ1) is 14.4. The Labute approximate surface area is 173 Å². The van der Waals surface area contributed by atoms with Gasteiger partial charge in [0.25, 0.3) is 11.8 Å². The van der Waals surface area contributed by atoms with Crippen molar-refractivity contribution in [2.24, 2.45) is 0 Å². The Hall–Kier alpha value is -3.27. The topological polar surface area (TPSA) is 75.2 Å². The quantitative estimate of drug-likeness (QED) is 0.671. The lowest BCUT2D eigenvalue weighted by Crippen LogP contribution is -2.32. The van der Waals surface area contributed by atoms with Crippen molar-refractivity contribution in [3.63, 3.8) is 0 Å². The molecule has 6 nitrogen and oxygen atoms in total. The third-order valence-corrected chi connectivity index (χ3v) is 5.72. The van der Waals surface area contributed by atoms with Crippen molar-refractivity contribution >= 4 is 28.8 Å². The summed E-state index contributed by atoms with van der Waals surface area (Å²) < 4.78 is 41.3. The summed E-state index contributed by atoms with van der Waals surface area (Å²) in [4.78, 5) is 26.5. The summed E-state index contributed by atoms with van der Waals surface area (Å²) in [6.07, 6.45) is 1.15. The standard InChI is InChI=1S/C20H15F3N4O2S/c21-11-4-1-5-12(10-11)24-17(28)19-26-25-18(30-19)15-8-3-9-27(15)20(29)16-13(22)6-2-7-14(16)23/h1-2,4-7,10,15H,3,8-9H2,(H,24,28)/t15-/m1/s1. The Balaban J connectivity index is 1.53. The van der Waals surface area contributed by atoms with Crippen molar-refractivity contribution < 1.29 is 22.8 Å². The van der Waals surface area contributed by atoms with Crippen LogP contribution in [0.1, 0.15) is 44.1 Å². The number of hydrogen-bond acceptors (Lipinski definition) is 5. The van der Waals surface area contributed by atoms with Crippen LogP contribution < -0.4 is 5.32 Å². The van der Waals surface area contributed by atoms with E-state index in [2.05, 4.69) is 15.5 Å². The number of rotatable bonds is 4. The van der Waals surface area contributed by atoms with E-state index in [0.29, 0.717) is 24.4 Å². The second-order valence-electron chi connectivity index (χ2n) is 6.66. The van der Waals surface area contributed by atoms with Gasteiger partial charge in [-0.25, -0.2) is 13.2 Å². The van der Waals surface area contributed by atoms with E-state index in [-0.39, 0.29) is 10.7 Å². The summed E-state index contributed by atoms with van der Waals surface area (Å²) in [6.45, 7) is 0.307. The zero-order chi connectivity index (χ0) is 21.3. The largest absolute Gasteiger partial charge is 0.329 e. The molecule has 1 saturated heterocycles. The van der Waals surface area contributed by atoms with Crippen LogP contribution in [0.5, 0.6) is 0 Å². The fraction of sp³-hybridized carbons (Fsp3) is 0.200. The molecule has 154 valence electrons. The van der Waals surface area contributed by atoms with Crippen LogP contribution in [0.3, 0.4) is 0 Å². The van der Waals surface area contributed by atoms with Gasteiger partial charge in [-0.2, -0.15) is 0 Å². The molecule has 0 unspecified atom stereocenters. The van der Waals surface area contributed by atoms with Gasteiger partial charge in [0.05, 0.1) is 6.04 Å². The van der Waals surface area contributed by atoms with E-state index in [0.717, 1.165) is 23.5 Å². The van der Waals surface area contributed by atoms with E-state index in [4.69, 9.17) is 0 Å². The van der Waals surface area contributed by atoms with Crippen molar-refractivity contribution in [3.05, 3.63) is 75.5 Å². The first kappa shape index (κ1) is 20.0. The molecule has 1 atom stereocenters. The minimum absolute atomic E-state index is 0.0330.